The summed E-state index contributed by atoms with van der Waals surface area (Å²) >= 11 is 2.87. The van der Waals surface area contributed by atoms with Crippen molar-refractivity contribution in [2.75, 3.05) is 26.2 Å². The zero-order chi connectivity index (χ0) is 19.8. The molecule has 2 amide bonds. The van der Waals surface area contributed by atoms with Gasteiger partial charge in [0.25, 0.3) is 11.8 Å². The van der Waals surface area contributed by atoms with Gasteiger partial charge in [-0.25, -0.2) is 4.98 Å². The van der Waals surface area contributed by atoms with Crippen molar-refractivity contribution in [3.63, 3.8) is 0 Å². The second kappa shape index (κ2) is 7.52. The van der Waals surface area contributed by atoms with Crippen LogP contribution in [0.15, 0.2) is 28.7 Å². The van der Waals surface area contributed by atoms with Crippen molar-refractivity contribution >= 4 is 34.5 Å². The Morgan fingerprint density at radius 1 is 0.929 bits per heavy atom. The molecule has 1 aliphatic heterocycles. The molecule has 1 aliphatic rings. The predicted octanol–water partition coefficient (Wildman–Crippen LogP) is 3.99. The Balaban J connectivity index is 1.43. The predicted molar refractivity (Wildman–Crippen MR) is 110 cm³/mol. The number of amides is 2. The van der Waals surface area contributed by atoms with Crippen molar-refractivity contribution < 1.29 is 14.0 Å². The van der Waals surface area contributed by atoms with Gasteiger partial charge in [-0.15, -0.1) is 22.7 Å². The molecule has 28 heavy (non-hydrogen) atoms. The number of furan rings is 1. The number of carbonyl (C=O) groups is 2. The fraction of sp³-hybridized carbons (Fsp3) is 0.350. The SMILES string of the molecule is Cc1ccc(-c2nc(C)c(C(=O)N3CCN(C(=O)c4ccc(C)s4)CC3)s2)o1. The van der Waals surface area contributed by atoms with E-state index in [1.807, 2.05) is 49.9 Å². The molecule has 0 N–H and O–H groups in total. The highest BCUT2D eigenvalue weighted by Gasteiger charge is 2.28. The Hall–Kier alpha value is -2.45. The molecule has 0 aliphatic carbocycles. The summed E-state index contributed by atoms with van der Waals surface area (Å²) in [6.07, 6.45) is 0. The van der Waals surface area contributed by atoms with Crippen molar-refractivity contribution in [3.05, 3.63) is 50.4 Å². The molecule has 0 bridgehead atoms. The van der Waals surface area contributed by atoms with Crippen LogP contribution in [0.4, 0.5) is 0 Å². The van der Waals surface area contributed by atoms with Gasteiger partial charge < -0.3 is 14.2 Å². The van der Waals surface area contributed by atoms with Crippen molar-refractivity contribution in [2.45, 2.75) is 20.8 Å². The second-order valence-corrected chi connectivity index (χ2v) is 9.13. The van der Waals surface area contributed by atoms with Gasteiger partial charge >= 0.3 is 0 Å². The lowest BCUT2D eigenvalue weighted by Crippen LogP contribution is -2.50. The van der Waals surface area contributed by atoms with Gasteiger partial charge in [0.2, 0.25) is 0 Å². The minimum atomic E-state index is -0.0244. The highest BCUT2D eigenvalue weighted by atomic mass is 32.1. The Bertz CT molecular complexity index is 1030. The number of thiazole rings is 1. The van der Waals surface area contributed by atoms with Gasteiger partial charge in [-0.05, 0) is 45.0 Å². The van der Waals surface area contributed by atoms with E-state index >= 15 is 0 Å². The average Bonchev–Trinajstić information content (AvgIpc) is 3.41. The van der Waals surface area contributed by atoms with Crippen LogP contribution in [0.25, 0.3) is 10.8 Å². The summed E-state index contributed by atoms with van der Waals surface area (Å²) < 4.78 is 5.63. The Kier molecular flexibility index (Phi) is 5.07. The summed E-state index contributed by atoms with van der Waals surface area (Å²) in [7, 11) is 0. The van der Waals surface area contributed by atoms with Crippen LogP contribution < -0.4 is 0 Å². The van der Waals surface area contributed by atoms with E-state index in [0.717, 1.165) is 20.5 Å². The van der Waals surface area contributed by atoms with Crippen LogP contribution in [-0.2, 0) is 0 Å². The molecule has 1 fully saturated rings. The fourth-order valence-electron chi connectivity index (χ4n) is 3.21. The summed E-state index contributed by atoms with van der Waals surface area (Å²) in [5.41, 5.74) is 0.714. The number of carbonyl (C=O) groups excluding carboxylic acids is 2. The number of hydrogen-bond acceptors (Lipinski definition) is 6. The molecule has 8 heteroatoms. The van der Waals surface area contributed by atoms with Gasteiger partial charge in [-0.3, -0.25) is 9.59 Å². The largest absolute Gasteiger partial charge is 0.459 e. The van der Waals surface area contributed by atoms with Crippen molar-refractivity contribution in [1.82, 2.24) is 14.8 Å². The number of piperazine rings is 1. The van der Waals surface area contributed by atoms with E-state index in [4.69, 9.17) is 4.42 Å². The number of aryl methyl sites for hydroxylation is 3. The normalized spacial score (nSPS) is 14.5. The maximum Gasteiger partial charge on any atom is 0.265 e. The maximum absolute atomic E-state index is 13.0. The first-order chi connectivity index (χ1) is 13.4. The summed E-state index contributed by atoms with van der Waals surface area (Å²) in [5.74, 6) is 1.53. The third kappa shape index (κ3) is 3.62. The summed E-state index contributed by atoms with van der Waals surface area (Å²) in [6.45, 7) is 7.88. The molecule has 3 aromatic heterocycles. The average molecular weight is 416 g/mol. The van der Waals surface area contributed by atoms with Gasteiger partial charge in [-0.1, -0.05) is 0 Å². The Labute approximate surface area is 171 Å². The van der Waals surface area contributed by atoms with Gasteiger partial charge in [-0.2, -0.15) is 0 Å². The quantitative estimate of drug-likeness (QED) is 0.649. The molecular weight excluding hydrogens is 394 g/mol. The number of nitrogens with zero attached hydrogens (tertiary/aromatic N) is 3. The molecule has 1 saturated heterocycles. The van der Waals surface area contributed by atoms with Gasteiger partial charge in [0.05, 0.1) is 10.6 Å². The first-order valence-electron chi connectivity index (χ1n) is 9.11. The lowest BCUT2D eigenvalue weighted by molar-refractivity contribution is 0.0540. The van der Waals surface area contributed by atoms with Crippen LogP contribution in [0.1, 0.15) is 35.7 Å². The van der Waals surface area contributed by atoms with Crippen LogP contribution in [0.2, 0.25) is 0 Å². The molecule has 4 rings (SSSR count). The van der Waals surface area contributed by atoms with E-state index < -0.39 is 0 Å². The first-order valence-corrected chi connectivity index (χ1v) is 10.7. The van der Waals surface area contributed by atoms with Crippen molar-refractivity contribution in [3.8, 4) is 10.8 Å². The summed E-state index contributed by atoms with van der Waals surface area (Å²) in [4.78, 5) is 36.2. The molecular formula is C20H21N3O3S2. The molecule has 4 heterocycles. The molecule has 0 atom stereocenters. The van der Waals surface area contributed by atoms with Crippen LogP contribution in [0, 0.1) is 20.8 Å². The van der Waals surface area contributed by atoms with E-state index in [-0.39, 0.29) is 11.8 Å². The number of hydrogen-bond donors (Lipinski definition) is 0. The van der Waals surface area contributed by atoms with E-state index in [0.29, 0.717) is 42.5 Å². The molecule has 0 unspecified atom stereocenters. The number of thiophene rings is 1. The topological polar surface area (TPSA) is 66.7 Å². The Morgan fingerprint density at radius 2 is 1.61 bits per heavy atom. The minimum absolute atomic E-state index is 0.0244. The maximum atomic E-state index is 13.0. The molecule has 0 saturated carbocycles. The second-order valence-electron chi connectivity index (χ2n) is 6.84. The van der Waals surface area contributed by atoms with Crippen LogP contribution >= 0.6 is 22.7 Å². The molecule has 146 valence electrons. The number of aromatic nitrogens is 1. The standard InChI is InChI=1S/C20H21N3O3S2/c1-12-4-6-15(26-12)18-21-14(3)17(28-18)20(25)23-10-8-22(9-11-23)19(24)16-7-5-13(2)27-16/h4-7H,8-11H2,1-3H3. The summed E-state index contributed by atoms with van der Waals surface area (Å²) in [6, 6.07) is 7.60. The molecule has 0 spiro atoms. The van der Waals surface area contributed by atoms with Crippen LogP contribution in [0.3, 0.4) is 0 Å². The van der Waals surface area contributed by atoms with Crippen molar-refractivity contribution in [2.24, 2.45) is 0 Å². The number of rotatable bonds is 3. The van der Waals surface area contributed by atoms with Crippen LogP contribution in [0.5, 0.6) is 0 Å². The van der Waals surface area contributed by atoms with Crippen molar-refractivity contribution in [1.29, 1.82) is 0 Å². The Morgan fingerprint density at radius 3 is 2.18 bits per heavy atom. The zero-order valence-corrected chi connectivity index (χ0v) is 17.7. The lowest BCUT2D eigenvalue weighted by atomic mass is 10.2. The van der Waals surface area contributed by atoms with E-state index in [9.17, 15) is 9.59 Å². The van der Waals surface area contributed by atoms with E-state index in [1.54, 1.807) is 4.90 Å². The zero-order valence-electron chi connectivity index (χ0n) is 16.0. The molecule has 6 nitrogen and oxygen atoms in total. The van der Waals surface area contributed by atoms with Crippen LogP contribution in [-0.4, -0.2) is 52.8 Å². The minimum Gasteiger partial charge on any atom is -0.459 e. The first kappa shape index (κ1) is 18.9. The molecule has 3 aromatic rings. The molecule has 0 aromatic carbocycles. The third-order valence-electron chi connectivity index (χ3n) is 4.75. The van der Waals surface area contributed by atoms with E-state index in [1.165, 1.54) is 22.7 Å². The van der Waals surface area contributed by atoms with Gasteiger partial charge in [0, 0.05) is 31.1 Å². The smallest absolute Gasteiger partial charge is 0.265 e. The third-order valence-corrected chi connectivity index (χ3v) is 6.90. The van der Waals surface area contributed by atoms with Gasteiger partial charge in [0.15, 0.2) is 10.8 Å². The fourth-order valence-corrected chi connectivity index (χ4v) is 5.04. The van der Waals surface area contributed by atoms with E-state index in [2.05, 4.69) is 4.98 Å². The molecule has 0 radical (unpaired) electrons. The summed E-state index contributed by atoms with van der Waals surface area (Å²) in [5, 5.41) is 0.718. The monoisotopic (exact) mass is 415 g/mol. The highest BCUT2D eigenvalue weighted by molar-refractivity contribution is 7.17. The lowest BCUT2D eigenvalue weighted by Gasteiger charge is -2.34. The van der Waals surface area contributed by atoms with Gasteiger partial charge in [0.1, 0.15) is 10.6 Å². The highest BCUT2D eigenvalue weighted by Crippen LogP contribution is 2.30.